The van der Waals surface area contributed by atoms with Gasteiger partial charge in [0.25, 0.3) is 11.8 Å². The molecule has 1 aliphatic heterocycles. The fourth-order valence-corrected chi connectivity index (χ4v) is 0.780. The minimum absolute atomic E-state index is 0.0876. The molecule has 1 rings (SSSR count). The Bertz CT molecular complexity index is 354. The Morgan fingerprint density at radius 3 is 2.64 bits per heavy atom. The highest BCUT2D eigenvalue weighted by Gasteiger charge is 2.26. The van der Waals surface area contributed by atoms with Gasteiger partial charge in [-0.2, -0.15) is 5.32 Å². The first-order valence-corrected chi connectivity index (χ1v) is 3.85. The average molecular weight is 194 g/mol. The van der Waals surface area contributed by atoms with Crippen molar-refractivity contribution >= 4 is 17.8 Å². The van der Waals surface area contributed by atoms with E-state index in [2.05, 4.69) is 16.6 Å². The second kappa shape index (κ2) is 3.87. The average Bonchev–Trinajstić information content (AvgIpc) is 2.40. The molecule has 0 aromatic rings. The minimum atomic E-state index is -0.649. The summed E-state index contributed by atoms with van der Waals surface area (Å²) in [7, 11) is 0. The second-order valence-corrected chi connectivity index (χ2v) is 2.82. The molecular formula is C9H8NO4. The third kappa shape index (κ3) is 2.29. The Kier molecular flexibility index (Phi) is 2.81. The molecule has 5 nitrogen and oxygen atoms in total. The largest absolute Gasteiger partial charge is 0.431 e. The van der Waals surface area contributed by atoms with Gasteiger partial charge in [0, 0.05) is 5.57 Å². The quantitative estimate of drug-likeness (QED) is 0.269. The minimum Gasteiger partial charge on any atom is -0.431 e. The molecule has 14 heavy (non-hydrogen) atoms. The monoisotopic (exact) mass is 194 g/mol. The molecule has 0 bridgehead atoms. The van der Waals surface area contributed by atoms with Crippen molar-refractivity contribution in [2.24, 2.45) is 0 Å². The number of esters is 1. The van der Waals surface area contributed by atoms with Gasteiger partial charge in [0.15, 0.2) is 0 Å². The van der Waals surface area contributed by atoms with Crippen LogP contribution in [0.1, 0.15) is 13.3 Å². The predicted molar refractivity (Wildman–Crippen MR) is 45.8 cm³/mol. The van der Waals surface area contributed by atoms with Gasteiger partial charge in [0.05, 0.1) is 12.0 Å². The fourth-order valence-electron chi connectivity index (χ4n) is 0.780. The Morgan fingerprint density at radius 1 is 1.57 bits per heavy atom. The molecule has 0 spiro atoms. The van der Waals surface area contributed by atoms with Crippen molar-refractivity contribution in [1.82, 2.24) is 5.32 Å². The normalized spacial score (nSPS) is 18.2. The number of hydrogen-bond acceptors (Lipinski definition) is 4. The first kappa shape index (κ1) is 10.2. The Morgan fingerprint density at radius 2 is 2.21 bits per heavy atom. The van der Waals surface area contributed by atoms with Crippen LogP contribution in [-0.4, -0.2) is 17.8 Å². The molecule has 0 N–H and O–H groups in total. The molecule has 0 unspecified atom stereocenters. The number of nitrogens with zero attached hydrogens (tertiary/aromatic N) is 1. The van der Waals surface area contributed by atoms with Gasteiger partial charge in [-0.1, -0.05) is 6.58 Å². The predicted octanol–water partition coefficient (Wildman–Crippen LogP) is 0.0509. The van der Waals surface area contributed by atoms with Crippen LogP contribution in [0.15, 0.2) is 24.0 Å². The van der Waals surface area contributed by atoms with Crippen LogP contribution < -0.4 is 5.32 Å². The van der Waals surface area contributed by atoms with E-state index in [0.29, 0.717) is 0 Å². The lowest BCUT2D eigenvalue weighted by Gasteiger charge is -1.96. The number of ether oxygens (including phenoxy) is 1. The molecule has 0 atom stereocenters. The van der Waals surface area contributed by atoms with Crippen molar-refractivity contribution in [2.45, 2.75) is 13.3 Å². The molecule has 5 heteroatoms. The lowest BCUT2D eigenvalue weighted by Crippen LogP contribution is -2.10. The van der Waals surface area contributed by atoms with E-state index >= 15 is 0 Å². The maximum Gasteiger partial charge on any atom is 0.337 e. The smallest absolute Gasteiger partial charge is 0.337 e. The maximum absolute atomic E-state index is 10.9. The molecule has 0 aromatic heterocycles. The first-order chi connectivity index (χ1) is 6.50. The van der Waals surface area contributed by atoms with Gasteiger partial charge < -0.3 is 4.74 Å². The van der Waals surface area contributed by atoms with Gasteiger partial charge in [-0.15, -0.1) is 0 Å². The van der Waals surface area contributed by atoms with Crippen LogP contribution in [0, 0.1) is 0 Å². The summed E-state index contributed by atoms with van der Waals surface area (Å²) in [6.45, 7) is 4.83. The highest BCUT2D eigenvalue weighted by Crippen LogP contribution is 2.10. The van der Waals surface area contributed by atoms with Crippen LogP contribution in [-0.2, 0) is 19.1 Å². The van der Waals surface area contributed by atoms with E-state index in [0.717, 1.165) is 6.26 Å². The van der Waals surface area contributed by atoms with Crippen LogP contribution in [0.3, 0.4) is 0 Å². The fraction of sp³-hybridized carbons (Fsp3) is 0.222. The Hall–Kier alpha value is -1.91. The standard InChI is InChI=1S/C9H8NO4/c1-5(2)9(13)14-4-6-3-7(11)10-8(6)12/h4H,1,3H2,2H3. The summed E-state index contributed by atoms with van der Waals surface area (Å²) >= 11 is 0. The summed E-state index contributed by atoms with van der Waals surface area (Å²) in [6, 6.07) is 0. The summed E-state index contributed by atoms with van der Waals surface area (Å²) in [5, 5.41) is 3.13. The zero-order valence-electron chi connectivity index (χ0n) is 7.57. The summed E-state index contributed by atoms with van der Waals surface area (Å²) in [4.78, 5) is 32.4. The molecule has 1 aliphatic rings. The number of amides is 2. The van der Waals surface area contributed by atoms with Crippen LogP contribution in [0.25, 0.3) is 0 Å². The highest BCUT2D eigenvalue weighted by molar-refractivity contribution is 6.13. The van der Waals surface area contributed by atoms with Gasteiger partial charge in [-0.05, 0) is 6.92 Å². The number of hydrogen-bond donors (Lipinski definition) is 0. The van der Waals surface area contributed by atoms with E-state index in [1.165, 1.54) is 6.92 Å². The third-order valence-corrected chi connectivity index (χ3v) is 1.50. The number of carbonyl (C=O) groups excluding carboxylic acids is 3. The second-order valence-electron chi connectivity index (χ2n) is 2.82. The van der Waals surface area contributed by atoms with Crippen LogP contribution >= 0.6 is 0 Å². The van der Waals surface area contributed by atoms with Crippen LogP contribution in [0.4, 0.5) is 0 Å². The molecule has 1 fully saturated rings. The van der Waals surface area contributed by atoms with E-state index in [1.54, 1.807) is 0 Å². The van der Waals surface area contributed by atoms with Gasteiger partial charge in [0.2, 0.25) is 0 Å². The molecule has 1 saturated heterocycles. The van der Waals surface area contributed by atoms with Gasteiger partial charge in [0.1, 0.15) is 6.26 Å². The summed E-state index contributed by atoms with van der Waals surface area (Å²) in [5.74, 6) is -1.80. The summed E-state index contributed by atoms with van der Waals surface area (Å²) in [5.41, 5.74) is 0.306. The van der Waals surface area contributed by atoms with E-state index in [-0.39, 0.29) is 17.6 Å². The first-order valence-electron chi connectivity index (χ1n) is 3.85. The van der Waals surface area contributed by atoms with Crippen LogP contribution in [0.5, 0.6) is 0 Å². The van der Waals surface area contributed by atoms with Crippen molar-refractivity contribution in [3.05, 3.63) is 24.0 Å². The van der Waals surface area contributed by atoms with Crippen molar-refractivity contribution in [3.8, 4) is 0 Å². The van der Waals surface area contributed by atoms with Crippen molar-refractivity contribution in [3.63, 3.8) is 0 Å². The molecule has 0 aromatic carbocycles. The highest BCUT2D eigenvalue weighted by atomic mass is 16.5. The van der Waals surface area contributed by atoms with E-state index in [4.69, 9.17) is 0 Å². The van der Waals surface area contributed by atoms with E-state index < -0.39 is 17.8 Å². The molecule has 73 valence electrons. The topological polar surface area (TPSA) is 74.5 Å². The number of rotatable bonds is 2. The van der Waals surface area contributed by atoms with Gasteiger partial charge in [-0.3, -0.25) is 9.59 Å². The lowest BCUT2D eigenvalue weighted by molar-refractivity contribution is -0.133. The van der Waals surface area contributed by atoms with Crippen LogP contribution in [0.2, 0.25) is 0 Å². The SMILES string of the molecule is C=C(C)C(=O)OC=C1CC(=O)[N]C1=O. The molecule has 1 radical (unpaired) electrons. The number of carbonyl (C=O) groups is 3. The Balaban J connectivity index is 2.62. The van der Waals surface area contributed by atoms with E-state index in [1.807, 2.05) is 0 Å². The van der Waals surface area contributed by atoms with E-state index in [9.17, 15) is 14.4 Å². The maximum atomic E-state index is 10.9. The van der Waals surface area contributed by atoms with Crippen molar-refractivity contribution in [2.75, 3.05) is 0 Å². The van der Waals surface area contributed by atoms with Crippen molar-refractivity contribution in [1.29, 1.82) is 0 Å². The van der Waals surface area contributed by atoms with Crippen molar-refractivity contribution < 1.29 is 19.1 Å². The molecular weight excluding hydrogens is 186 g/mol. The third-order valence-electron chi connectivity index (χ3n) is 1.50. The molecule has 0 aliphatic carbocycles. The Labute approximate surface area is 80.4 Å². The number of imide groups is 1. The zero-order valence-corrected chi connectivity index (χ0v) is 7.57. The zero-order chi connectivity index (χ0) is 10.7. The lowest BCUT2D eigenvalue weighted by atomic mass is 10.2. The molecule has 0 saturated carbocycles. The van der Waals surface area contributed by atoms with Gasteiger partial charge >= 0.3 is 5.97 Å². The summed E-state index contributed by atoms with van der Waals surface area (Å²) in [6.07, 6.45) is 0.843. The summed E-state index contributed by atoms with van der Waals surface area (Å²) < 4.78 is 4.57. The molecule has 1 heterocycles. The van der Waals surface area contributed by atoms with Gasteiger partial charge in [-0.25, -0.2) is 4.79 Å². The molecule has 2 amide bonds.